The highest BCUT2D eigenvalue weighted by Gasteiger charge is 2.46. The third kappa shape index (κ3) is 11.1. The van der Waals surface area contributed by atoms with E-state index in [0.717, 1.165) is 28.0 Å². The lowest BCUT2D eigenvalue weighted by Crippen LogP contribution is -2.47. The summed E-state index contributed by atoms with van der Waals surface area (Å²) in [5, 5.41) is 32.3. The number of hydrogen-bond donors (Lipinski definition) is 3. The summed E-state index contributed by atoms with van der Waals surface area (Å²) in [6.45, 7) is 0.939. The molecule has 298 valence electrons. The molecule has 4 aromatic carbocycles. The molecule has 2 fully saturated rings. The Morgan fingerprint density at radius 1 is 0.607 bits per heavy atom. The highest BCUT2D eigenvalue weighted by Crippen LogP contribution is 2.42. The van der Waals surface area contributed by atoms with Crippen LogP contribution >= 0.6 is 0 Å². The highest BCUT2D eigenvalue weighted by atomic mass is 16.5. The average molecular weight is 765 g/mol. The summed E-state index contributed by atoms with van der Waals surface area (Å²) in [6.07, 6.45) is 2.67. The summed E-state index contributed by atoms with van der Waals surface area (Å²) >= 11 is 0. The van der Waals surface area contributed by atoms with Crippen molar-refractivity contribution in [3.05, 3.63) is 131 Å². The van der Waals surface area contributed by atoms with E-state index in [9.17, 15) is 29.7 Å². The van der Waals surface area contributed by atoms with Crippen LogP contribution in [0.15, 0.2) is 109 Å². The van der Waals surface area contributed by atoms with Gasteiger partial charge >= 0.3 is 0 Å². The van der Waals surface area contributed by atoms with Crippen LogP contribution in [0.5, 0.6) is 11.5 Å². The number of likely N-dealkylation sites (N-methyl/N-ethyl adjacent to an activating group) is 2. The van der Waals surface area contributed by atoms with Gasteiger partial charge in [0.15, 0.2) is 0 Å². The first kappa shape index (κ1) is 42.1. The summed E-state index contributed by atoms with van der Waals surface area (Å²) in [6, 6.07) is 34.5. The Balaban J connectivity index is 0.000000214. The molecule has 10 nitrogen and oxygen atoms in total. The van der Waals surface area contributed by atoms with Gasteiger partial charge in [0.25, 0.3) is 0 Å². The minimum atomic E-state index is -1.21. The van der Waals surface area contributed by atoms with E-state index in [4.69, 9.17) is 9.47 Å². The Morgan fingerprint density at radius 3 is 1.32 bits per heavy atom. The molecular formula is C46H56N2O8. The van der Waals surface area contributed by atoms with Crippen molar-refractivity contribution in [3.8, 4) is 11.5 Å². The fourth-order valence-electron chi connectivity index (χ4n) is 7.52. The van der Waals surface area contributed by atoms with E-state index in [1.165, 1.54) is 9.80 Å². The minimum Gasteiger partial charge on any atom is -0.489 e. The Kier molecular flexibility index (Phi) is 14.5. The van der Waals surface area contributed by atoms with Gasteiger partial charge in [-0.2, -0.15) is 0 Å². The zero-order chi connectivity index (χ0) is 40.3. The van der Waals surface area contributed by atoms with Crippen LogP contribution in [0.4, 0.5) is 0 Å². The predicted octanol–water partition coefficient (Wildman–Crippen LogP) is 6.42. The maximum Gasteiger partial charge on any atom is 0.232 e. The third-order valence-corrected chi connectivity index (χ3v) is 10.9. The number of Topliss-reactive ketones (excluding diaryl/α,β-unsaturated/α-hetero) is 1. The van der Waals surface area contributed by atoms with Crippen LogP contribution in [-0.4, -0.2) is 88.2 Å². The highest BCUT2D eigenvalue weighted by molar-refractivity contribution is 5.86. The number of nitrogens with zero attached hydrogens (tertiary/aromatic N) is 2. The predicted molar refractivity (Wildman–Crippen MR) is 215 cm³/mol. The maximum absolute atomic E-state index is 12.9. The van der Waals surface area contributed by atoms with Gasteiger partial charge in [-0.05, 0) is 85.0 Å². The number of rotatable bonds is 12. The third-order valence-electron chi connectivity index (χ3n) is 10.9. The lowest BCUT2D eigenvalue weighted by Gasteiger charge is -2.41. The van der Waals surface area contributed by atoms with E-state index in [-0.39, 0.29) is 17.6 Å². The number of aliphatic hydroxyl groups excluding tert-OH is 1. The molecule has 0 bridgehead atoms. The monoisotopic (exact) mass is 764 g/mol. The molecule has 10 heteroatoms. The van der Waals surface area contributed by atoms with Gasteiger partial charge < -0.3 is 34.6 Å². The molecule has 2 unspecified atom stereocenters. The number of carbonyl (C=O) groups excluding carboxylic acids is 3. The molecule has 0 radical (unpaired) electrons. The Morgan fingerprint density at radius 2 is 0.964 bits per heavy atom. The summed E-state index contributed by atoms with van der Waals surface area (Å²) in [7, 11) is 6.77. The van der Waals surface area contributed by atoms with Crippen molar-refractivity contribution in [1.82, 2.24) is 9.80 Å². The van der Waals surface area contributed by atoms with E-state index in [1.54, 1.807) is 28.2 Å². The number of aliphatic hydroxyl groups is 3. The van der Waals surface area contributed by atoms with Crippen molar-refractivity contribution in [2.24, 2.45) is 0 Å². The number of amides is 2. The quantitative estimate of drug-likeness (QED) is 0.151. The Labute approximate surface area is 330 Å². The topological polar surface area (TPSA) is 137 Å². The molecule has 56 heavy (non-hydrogen) atoms. The van der Waals surface area contributed by atoms with Gasteiger partial charge in [-0.25, -0.2) is 0 Å². The van der Waals surface area contributed by atoms with Crippen molar-refractivity contribution in [2.75, 3.05) is 28.2 Å². The first-order valence-corrected chi connectivity index (χ1v) is 19.4. The number of ketones is 1. The second-order valence-electron chi connectivity index (χ2n) is 15.5. The van der Waals surface area contributed by atoms with Crippen molar-refractivity contribution in [1.29, 1.82) is 0 Å². The molecule has 0 aliphatic heterocycles. The molecule has 4 aromatic rings. The van der Waals surface area contributed by atoms with Crippen molar-refractivity contribution in [3.63, 3.8) is 0 Å². The molecule has 6 rings (SSSR count). The van der Waals surface area contributed by atoms with Gasteiger partial charge in [0, 0.05) is 41.0 Å². The summed E-state index contributed by atoms with van der Waals surface area (Å²) in [5.41, 5.74) is 1.32. The minimum absolute atomic E-state index is 0.128. The van der Waals surface area contributed by atoms with Gasteiger partial charge in [0.2, 0.25) is 11.8 Å². The number of hydrogen-bond acceptors (Lipinski definition) is 8. The molecule has 0 aromatic heterocycles. The molecule has 2 aliphatic carbocycles. The Bertz CT molecular complexity index is 1850. The van der Waals surface area contributed by atoms with Crippen LogP contribution in [0.1, 0.15) is 85.5 Å². The maximum atomic E-state index is 12.9. The van der Waals surface area contributed by atoms with Crippen LogP contribution < -0.4 is 9.47 Å². The summed E-state index contributed by atoms with van der Waals surface area (Å²) in [5.74, 6) is -0.0711. The van der Waals surface area contributed by atoms with Gasteiger partial charge in [-0.1, -0.05) is 84.9 Å². The summed E-state index contributed by atoms with van der Waals surface area (Å²) in [4.78, 5) is 40.4. The van der Waals surface area contributed by atoms with Crippen LogP contribution in [0.2, 0.25) is 0 Å². The molecule has 0 spiro atoms. The lowest BCUT2D eigenvalue weighted by molar-refractivity contribution is -0.142. The van der Waals surface area contributed by atoms with E-state index >= 15 is 0 Å². The first-order chi connectivity index (χ1) is 26.8. The van der Waals surface area contributed by atoms with E-state index in [1.807, 2.05) is 109 Å². The molecule has 0 heterocycles. The van der Waals surface area contributed by atoms with Crippen molar-refractivity contribution in [2.45, 2.75) is 93.7 Å². The number of carbonyl (C=O) groups is 3. The van der Waals surface area contributed by atoms with Crippen molar-refractivity contribution < 1.29 is 39.2 Å². The van der Waals surface area contributed by atoms with Gasteiger partial charge in [0.1, 0.15) is 30.5 Å². The number of benzene rings is 4. The first-order valence-electron chi connectivity index (χ1n) is 19.4. The van der Waals surface area contributed by atoms with Crippen molar-refractivity contribution >= 4 is 17.6 Å². The average Bonchev–Trinajstić information content (AvgIpc) is 3.21. The molecule has 2 amide bonds. The second kappa shape index (κ2) is 19.2. The normalized spacial score (nSPS) is 20.1. The molecule has 2 atom stereocenters. The SMILES string of the molecule is CN(C)C(=O)C(c1ccc(OCc2ccccc2)cc1)C1(O)CCC(=O)CC1.CN(C)C(=O)C(c1ccc(OCc2ccccc2)cc1)C1(O)CCC(O)CC1. The standard InChI is InChI=1S/C23H29NO4.C23H27NO4/c2*1-24(2)22(26)21(23(27)14-12-19(25)13-15-23)18-8-10-20(11-9-18)28-16-17-6-4-3-5-7-17/h3-11,19,21,25,27H,12-16H2,1-2H3;3-11,21,27H,12-16H2,1-2H3. The lowest BCUT2D eigenvalue weighted by atomic mass is 9.71. The fourth-order valence-corrected chi connectivity index (χ4v) is 7.52. The Hall–Kier alpha value is -5.03. The van der Waals surface area contributed by atoms with E-state index in [2.05, 4.69) is 0 Å². The van der Waals surface area contributed by atoms with Gasteiger partial charge in [-0.3, -0.25) is 14.4 Å². The van der Waals surface area contributed by atoms with Crippen LogP contribution in [0, 0.1) is 0 Å². The largest absolute Gasteiger partial charge is 0.489 e. The van der Waals surface area contributed by atoms with E-state index in [0.29, 0.717) is 70.3 Å². The molecule has 2 aliphatic rings. The van der Waals surface area contributed by atoms with Crippen LogP contribution in [0.3, 0.4) is 0 Å². The van der Waals surface area contributed by atoms with Crippen LogP contribution in [0.25, 0.3) is 0 Å². The number of ether oxygens (including phenoxy) is 2. The fraction of sp³-hybridized carbons (Fsp3) is 0.413. The molecule has 3 N–H and O–H groups in total. The zero-order valence-corrected chi connectivity index (χ0v) is 33.0. The van der Waals surface area contributed by atoms with Crippen LogP contribution in [-0.2, 0) is 27.6 Å². The summed E-state index contributed by atoms with van der Waals surface area (Å²) < 4.78 is 11.6. The zero-order valence-electron chi connectivity index (χ0n) is 33.0. The van der Waals surface area contributed by atoms with E-state index < -0.39 is 29.1 Å². The smallest absolute Gasteiger partial charge is 0.232 e. The molecular weight excluding hydrogens is 709 g/mol. The second-order valence-corrected chi connectivity index (χ2v) is 15.5. The molecule has 0 saturated heterocycles. The van der Waals surface area contributed by atoms with Gasteiger partial charge in [-0.15, -0.1) is 0 Å². The molecule has 2 saturated carbocycles. The van der Waals surface area contributed by atoms with Gasteiger partial charge in [0.05, 0.1) is 29.1 Å².